The SMILES string of the molecule is Cn1cc2cc(C3N=C(OCC(F)F)C=C(c4ccc(OC(F)F)cc4)C3=O)ccc2n1. The fourth-order valence-electron chi connectivity index (χ4n) is 3.40. The number of nitrogens with zero attached hydrogens (tertiary/aromatic N) is 3. The Morgan fingerprint density at radius 1 is 1.09 bits per heavy atom. The average molecular weight is 447 g/mol. The summed E-state index contributed by atoms with van der Waals surface area (Å²) in [4.78, 5) is 17.5. The van der Waals surface area contributed by atoms with Crippen molar-refractivity contribution in [3.63, 3.8) is 0 Å². The summed E-state index contributed by atoms with van der Waals surface area (Å²) < 4.78 is 61.2. The minimum atomic E-state index is -2.98. The zero-order valence-electron chi connectivity index (χ0n) is 16.7. The molecule has 1 atom stereocenters. The summed E-state index contributed by atoms with van der Waals surface area (Å²) in [6.45, 7) is -3.86. The van der Waals surface area contributed by atoms with Crippen molar-refractivity contribution in [1.82, 2.24) is 9.78 Å². The Hall–Kier alpha value is -3.69. The molecule has 0 amide bonds. The molecule has 1 aromatic heterocycles. The van der Waals surface area contributed by atoms with E-state index in [4.69, 9.17) is 4.74 Å². The summed E-state index contributed by atoms with van der Waals surface area (Å²) in [5, 5.41) is 5.07. The highest BCUT2D eigenvalue weighted by atomic mass is 19.3. The van der Waals surface area contributed by atoms with Crippen molar-refractivity contribution in [3.05, 3.63) is 65.9 Å². The molecule has 32 heavy (non-hydrogen) atoms. The van der Waals surface area contributed by atoms with Gasteiger partial charge in [-0.3, -0.25) is 9.48 Å². The third-order valence-electron chi connectivity index (χ3n) is 4.74. The summed E-state index contributed by atoms with van der Waals surface area (Å²) in [7, 11) is 1.77. The number of halogens is 4. The molecule has 3 aromatic rings. The lowest BCUT2D eigenvalue weighted by molar-refractivity contribution is -0.115. The normalized spacial score (nSPS) is 16.5. The molecule has 1 aliphatic rings. The molecule has 0 fully saturated rings. The molecule has 166 valence electrons. The lowest BCUT2D eigenvalue weighted by Gasteiger charge is -2.21. The minimum Gasteiger partial charge on any atom is -0.472 e. The Labute approximate surface area is 179 Å². The maximum atomic E-state index is 13.3. The van der Waals surface area contributed by atoms with Crippen LogP contribution in [0.3, 0.4) is 0 Å². The summed E-state index contributed by atoms with van der Waals surface area (Å²) in [5.41, 5.74) is 1.81. The third kappa shape index (κ3) is 4.63. The number of hydrogen-bond acceptors (Lipinski definition) is 5. The molecule has 0 aliphatic carbocycles. The van der Waals surface area contributed by atoms with Crippen molar-refractivity contribution < 1.29 is 31.8 Å². The smallest absolute Gasteiger partial charge is 0.387 e. The van der Waals surface area contributed by atoms with Gasteiger partial charge in [0.05, 0.1) is 5.52 Å². The van der Waals surface area contributed by atoms with Gasteiger partial charge < -0.3 is 9.47 Å². The van der Waals surface area contributed by atoms with Crippen LogP contribution in [0.25, 0.3) is 16.5 Å². The number of ketones is 1. The number of benzene rings is 2. The Balaban J connectivity index is 1.70. The van der Waals surface area contributed by atoms with Gasteiger partial charge in [-0.15, -0.1) is 0 Å². The summed E-state index contributed by atoms with van der Waals surface area (Å²) in [5.74, 6) is -0.585. The quantitative estimate of drug-likeness (QED) is 0.520. The van der Waals surface area contributed by atoms with Crippen LogP contribution < -0.4 is 4.74 Å². The van der Waals surface area contributed by atoms with E-state index in [9.17, 15) is 22.4 Å². The number of hydrogen-bond donors (Lipinski definition) is 0. The van der Waals surface area contributed by atoms with Crippen LogP contribution in [-0.4, -0.2) is 41.1 Å². The van der Waals surface area contributed by atoms with Crippen LogP contribution >= 0.6 is 0 Å². The van der Waals surface area contributed by atoms with E-state index in [-0.39, 0.29) is 23.0 Å². The predicted molar refractivity (Wildman–Crippen MR) is 109 cm³/mol. The number of aromatic nitrogens is 2. The number of fused-ring (bicyclic) bond motifs is 1. The molecule has 2 heterocycles. The Kier molecular flexibility index (Phi) is 5.93. The summed E-state index contributed by atoms with van der Waals surface area (Å²) in [6, 6.07) is 9.59. The monoisotopic (exact) mass is 447 g/mol. The van der Waals surface area contributed by atoms with E-state index in [1.807, 2.05) is 0 Å². The van der Waals surface area contributed by atoms with Gasteiger partial charge in [0.2, 0.25) is 5.90 Å². The first-order chi connectivity index (χ1) is 15.3. The predicted octanol–water partition coefficient (Wildman–Crippen LogP) is 4.56. The Morgan fingerprint density at radius 3 is 2.53 bits per heavy atom. The van der Waals surface area contributed by atoms with Crippen LogP contribution in [0.4, 0.5) is 17.6 Å². The third-order valence-corrected chi connectivity index (χ3v) is 4.74. The largest absolute Gasteiger partial charge is 0.472 e. The second kappa shape index (κ2) is 8.81. The lowest BCUT2D eigenvalue weighted by Crippen LogP contribution is -2.22. The molecule has 10 heteroatoms. The van der Waals surface area contributed by atoms with Gasteiger partial charge in [0.25, 0.3) is 6.43 Å². The molecule has 0 N–H and O–H groups in total. The topological polar surface area (TPSA) is 65.7 Å². The van der Waals surface area contributed by atoms with Crippen LogP contribution in [0, 0.1) is 0 Å². The first-order valence-electron chi connectivity index (χ1n) is 9.53. The van der Waals surface area contributed by atoms with Gasteiger partial charge in [-0.25, -0.2) is 13.8 Å². The first kappa shape index (κ1) is 21.5. The second-order valence-corrected chi connectivity index (χ2v) is 7.02. The minimum absolute atomic E-state index is 0.0750. The van der Waals surface area contributed by atoms with Crippen molar-refractivity contribution >= 4 is 28.2 Å². The Morgan fingerprint density at radius 2 is 1.84 bits per heavy atom. The van der Waals surface area contributed by atoms with Gasteiger partial charge in [-0.2, -0.15) is 13.9 Å². The molecule has 4 rings (SSSR count). The summed E-state index contributed by atoms with van der Waals surface area (Å²) >= 11 is 0. The van der Waals surface area contributed by atoms with Crippen LogP contribution in [0.15, 0.2) is 59.7 Å². The zero-order valence-corrected chi connectivity index (χ0v) is 16.7. The van der Waals surface area contributed by atoms with Crippen molar-refractivity contribution in [1.29, 1.82) is 0 Å². The van der Waals surface area contributed by atoms with Crippen molar-refractivity contribution in [3.8, 4) is 5.75 Å². The van der Waals surface area contributed by atoms with E-state index in [0.717, 1.165) is 10.9 Å². The van der Waals surface area contributed by atoms with Crippen molar-refractivity contribution in [2.75, 3.05) is 6.61 Å². The van der Waals surface area contributed by atoms with E-state index < -0.39 is 25.7 Å². The lowest BCUT2D eigenvalue weighted by atomic mass is 9.90. The van der Waals surface area contributed by atoms with Gasteiger partial charge >= 0.3 is 6.61 Å². The van der Waals surface area contributed by atoms with E-state index in [1.54, 1.807) is 36.1 Å². The highest BCUT2D eigenvalue weighted by Crippen LogP contribution is 2.33. The number of aryl methyl sites for hydroxylation is 1. The van der Waals surface area contributed by atoms with E-state index >= 15 is 0 Å². The molecule has 0 bridgehead atoms. The van der Waals surface area contributed by atoms with Crippen LogP contribution in [0.1, 0.15) is 17.2 Å². The molecule has 0 spiro atoms. The number of Topliss-reactive ketones (excluding diaryl/α,β-unsaturated/α-hetero) is 1. The number of ether oxygens (including phenoxy) is 2. The zero-order chi connectivity index (χ0) is 22.8. The van der Waals surface area contributed by atoms with Crippen LogP contribution in [-0.2, 0) is 16.6 Å². The molecular formula is C22H17F4N3O3. The fourth-order valence-corrected chi connectivity index (χ4v) is 3.40. The molecule has 0 saturated carbocycles. The van der Waals surface area contributed by atoms with Crippen LogP contribution in [0.5, 0.6) is 5.75 Å². The van der Waals surface area contributed by atoms with Crippen molar-refractivity contribution in [2.24, 2.45) is 12.0 Å². The van der Waals surface area contributed by atoms with Gasteiger partial charge in [0, 0.05) is 30.3 Å². The molecular weight excluding hydrogens is 430 g/mol. The molecule has 0 radical (unpaired) electrons. The first-order valence-corrected chi connectivity index (χ1v) is 9.53. The molecule has 0 saturated heterocycles. The molecule has 6 nitrogen and oxygen atoms in total. The highest BCUT2D eigenvalue weighted by Gasteiger charge is 2.30. The molecule has 1 unspecified atom stereocenters. The van der Waals surface area contributed by atoms with E-state index in [2.05, 4.69) is 14.8 Å². The number of rotatable bonds is 6. The standard InChI is InChI=1S/C22H17F4N3O3/c1-29-10-14-8-13(4-7-17(14)28-29)20-21(30)16(9-19(27-20)31-11-18(23)24)12-2-5-15(6-3-12)32-22(25)26/h2-10,18,20,22H,11H2,1H3. The maximum Gasteiger partial charge on any atom is 0.387 e. The number of aliphatic imine (C=N–C) groups is 1. The fraction of sp³-hybridized carbons (Fsp3) is 0.227. The van der Waals surface area contributed by atoms with Gasteiger partial charge in [-0.1, -0.05) is 18.2 Å². The maximum absolute atomic E-state index is 13.3. The van der Waals surface area contributed by atoms with E-state index in [1.165, 1.54) is 30.3 Å². The number of carbonyl (C=O) groups excluding carboxylic acids is 1. The summed E-state index contributed by atoms with van der Waals surface area (Å²) in [6.07, 6.45) is 0.332. The highest BCUT2D eigenvalue weighted by molar-refractivity contribution is 6.29. The van der Waals surface area contributed by atoms with Gasteiger partial charge in [0.15, 0.2) is 12.4 Å². The van der Waals surface area contributed by atoms with Gasteiger partial charge in [-0.05, 0) is 35.4 Å². The average Bonchev–Trinajstić information content (AvgIpc) is 3.12. The molecule has 1 aliphatic heterocycles. The second-order valence-electron chi connectivity index (χ2n) is 7.02. The van der Waals surface area contributed by atoms with Gasteiger partial charge in [0.1, 0.15) is 11.8 Å². The van der Waals surface area contributed by atoms with Crippen molar-refractivity contribution in [2.45, 2.75) is 19.1 Å². The van der Waals surface area contributed by atoms with Crippen LogP contribution in [0.2, 0.25) is 0 Å². The molecule has 2 aromatic carbocycles. The number of carbonyl (C=O) groups is 1. The van der Waals surface area contributed by atoms with E-state index in [0.29, 0.717) is 11.1 Å². The number of alkyl halides is 4. The Bertz CT molecular complexity index is 1200. The number of dihydropyridines is 1.